The monoisotopic (exact) mass is 522 g/mol. The smallest absolute Gasteiger partial charge is 0.221 e. The molecule has 1 N–H and O–H groups in total. The van der Waals surface area contributed by atoms with Crippen LogP contribution >= 0.6 is 34.8 Å². The minimum Gasteiger partial charge on any atom is -0.326 e. The Morgan fingerprint density at radius 1 is 0.812 bits per heavy atom. The molecule has 2 nitrogen and oxygen atoms in total. The minimum atomic E-state index is -2.10. The predicted molar refractivity (Wildman–Crippen MR) is 142 cm³/mol. The van der Waals surface area contributed by atoms with Gasteiger partial charge in [0, 0.05) is 22.6 Å². The summed E-state index contributed by atoms with van der Waals surface area (Å²) in [5, 5.41) is 7.43. The normalized spacial score (nSPS) is 11.2. The van der Waals surface area contributed by atoms with Gasteiger partial charge in [-0.25, -0.2) is 0 Å². The lowest BCUT2D eigenvalue weighted by molar-refractivity contribution is -0.114. The van der Waals surface area contributed by atoms with Crippen molar-refractivity contribution < 1.29 is 4.79 Å². The number of hydrogen-bond donors (Lipinski definition) is 1. The summed E-state index contributed by atoms with van der Waals surface area (Å²) >= 11 is 9.99. The van der Waals surface area contributed by atoms with Gasteiger partial charge < -0.3 is 5.32 Å². The van der Waals surface area contributed by atoms with E-state index in [0.717, 1.165) is 21.9 Å². The van der Waals surface area contributed by atoms with Gasteiger partial charge >= 0.3 is 0 Å². The Bertz CT molecular complexity index is 1120. The Balaban J connectivity index is 2.02. The van der Waals surface area contributed by atoms with Crippen LogP contribution in [0.3, 0.4) is 0 Å². The summed E-state index contributed by atoms with van der Waals surface area (Å²) < 4.78 is 0.815. The van der Waals surface area contributed by atoms with Gasteiger partial charge in [0.2, 0.25) is 5.91 Å². The molecule has 0 saturated heterocycles. The van der Waals surface area contributed by atoms with E-state index >= 15 is 0 Å². The molecule has 0 aromatic heterocycles. The molecule has 0 atom stereocenters. The van der Waals surface area contributed by atoms with Crippen LogP contribution in [0.5, 0.6) is 0 Å². The van der Waals surface area contributed by atoms with E-state index in [2.05, 4.69) is 112 Å². The molecule has 5 heteroatoms. The maximum absolute atomic E-state index is 12.0. The van der Waals surface area contributed by atoms with Gasteiger partial charge in [-0.3, -0.25) is 4.79 Å². The van der Waals surface area contributed by atoms with E-state index < -0.39 is 7.26 Å². The number of halogens is 2. The number of benzene rings is 4. The molecule has 0 radical (unpaired) electrons. The summed E-state index contributed by atoms with van der Waals surface area (Å²) in [6.45, 7) is 1.52. The molecule has 160 valence electrons. The van der Waals surface area contributed by atoms with Crippen molar-refractivity contribution in [2.75, 3.05) is 5.32 Å². The standard InChI is InChI=1S/C27H22BrClNOP/c1-20(31)30-27-18-26(29)25(28)17-21(27)19-32(22-11-5-2-6-12-22,23-13-7-3-8-14-23)24-15-9-4-10-16-24/h2-18H,19H2,1H3/p+1. The fourth-order valence-corrected chi connectivity index (χ4v) is 8.86. The van der Waals surface area contributed by atoms with Crippen molar-refractivity contribution in [3.05, 3.63) is 118 Å². The molecule has 0 aliphatic rings. The largest absolute Gasteiger partial charge is 0.326 e. The lowest BCUT2D eigenvalue weighted by atomic mass is 10.2. The zero-order chi connectivity index (χ0) is 22.6. The maximum Gasteiger partial charge on any atom is 0.221 e. The van der Waals surface area contributed by atoms with Gasteiger partial charge in [-0.15, -0.1) is 0 Å². The summed E-state index contributed by atoms with van der Waals surface area (Å²) in [6.07, 6.45) is 0.746. The van der Waals surface area contributed by atoms with Crippen LogP contribution in [0.15, 0.2) is 108 Å². The second-order valence-electron chi connectivity index (χ2n) is 7.58. The van der Waals surface area contributed by atoms with Gasteiger partial charge in [-0.1, -0.05) is 66.2 Å². The van der Waals surface area contributed by atoms with Crippen molar-refractivity contribution in [3.8, 4) is 0 Å². The molecule has 32 heavy (non-hydrogen) atoms. The molecule has 0 aliphatic heterocycles. The fourth-order valence-electron chi connectivity index (χ4n) is 4.05. The summed E-state index contributed by atoms with van der Waals surface area (Å²) in [5.74, 6) is -0.118. The minimum absolute atomic E-state index is 0.118. The van der Waals surface area contributed by atoms with Crippen molar-refractivity contribution >= 4 is 62.3 Å². The Kier molecular flexibility index (Phi) is 7.10. The zero-order valence-corrected chi connectivity index (χ0v) is 20.9. The van der Waals surface area contributed by atoms with E-state index in [9.17, 15) is 4.79 Å². The molecule has 0 spiro atoms. The first-order chi connectivity index (χ1) is 15.5. The highest BCUT2D eigenvalue weighted by atomic mass is 79.9. The third-order valence-electron chi connectivity index (χ3n) is 5.46. The third-order valence-corrected chi connectivity index (χ3v) is 11.0. The molecule has 1 amide bonds. The van der Waals surface area contributed by atoms with Crippen LogP contribution in [0.4, 0.5) is 5.69 Å². The number of rotatable bonds is 6. The van der Waals surface area contributed by atoms with Crippen LogP contribution in [-0.2, 0) is 11.0 Å². The first-order valence-corrected chi connectivity index (χ1v) is 13.5. The van der Waals surface area contributed by atoms with Crippen molar-refractivity contribution in [3.63, 3.8) is 0 Å². The lowest BCUT2D eigenvalue weighted by Crippen LogP contribution is -2.32. The highest BCUT2D eigenvalue weighted by Crippen LogP contribution is 2.59. The molecule has 4 aromatic carbocycles. The summed E-state index contributed by atoms with van der Waals surface area (Å²) in [4.78, 5) is 12.0. The van der Waals surface area contributed by atoms with E-state index in [1.807, 2.05) is 12.1 Å². The van der Waals surface area contributed by atoms with Crippen LogP contribution < -0.4 is 21.2 Å². The SMILES string of the molecule is CC(=O)Nc1cc(Cl)c(Br)cc1C[P+](c1ccccc1)(c1ccccc1)c1ccccc1. The van der Waals surface area contributed by atoms with Crippen LogP contribution in [0.25, 0.3) is 0 Å². The Morgan fingerprint density at radius 2 is 1.25 bits per heavy atom. The molecule has 0 aliphatic carbocycles. The molecule has 0 bridgehead atoms. The van der Waals surface area contributed by atoms with Crippen LogP contribution in [0.2, 0.25) is 5.02 Å². The van der Waals surface area contributed by atoms with E-state index in [0.29, 0.717) is 5.02 Å². The van der Waals surface area contributed by atoms with E-state index in [1.54, 1.807) is 0 Å². The lowest BCUT2D eigenvalue weighted by Gasteiger charge is -2.28. The molecular weight excluding hydrogens is 501 g/mol. The Labute approximate surface area is 203 Å². The first kappa shape index (κ1) is 22.7. The molecule has 0 saturated carbocycles. The first-order valence-electron chi connectivity index (χ1n) is 10.3. The van der Waals surface area contributed by atoms with Crippen LogP contribution in [-0.4, -0.2) is 5.91 Å². The number of hydrogen-bond acceptors (Lipinski definition) is 1. The fraction of sp³-hybridized carbons (Fsp3) is 0.0741. The zero-order valence-electron chi connectivity index (χ0n) is 17.6. The summed E-state index contributed by atoms with van der Waals surface area (Å²) in [6, 6.07) is 35.9. The second kappa shape index (κ2) is 10.0. The van der Waals surface area contributed by atoms with Gasteiger partial charge in [-0.05, 0) is 64.5 Å². The van der Waals surface area contributed by atoms with Crippen molar-refractivity contribution in [2.24, 2.45) is 0 Å². The maximum atomic E-state index is 12.0. The topological polar surface area (TPSA) is 29.1 Å². The number of carbonyl (C=O) groups is 1. The van der Waals surface area contributed by atoms with Gasteiger partial charge in [-0.2, -0.15) is 0 Å². The highest BCUT2D eigenvalue weighted by molar-refractivity contribution is 9.10. The van der Waals surface area contributed by atoms with Gasteiger partial charge in [0.25, 0.3) is 0 Å². The van der Waals surface area contributed by atoms with Gasteiger partial charge in [0.05, 0.1) is 5.02 Å². The second-order valence-corrected chi connectivity index (χ2v) is 12.3. The molecule has 0 fully saturated rings. The van der Waals surface area contributed by atoms with Crippen molar-refractivity contribution in [1.82, 2.24) is 0 Å². The number of amides is 1. The summed E-state index contributed by atoms with van der Waals surface area (Å²) in [5.41, 5.74) is 1.79. The van der Waals surface area contributed by atoms with Gasteiger partial charge in [0.15, 0.2) is 0 Å². The number of carbonyl (C=O) groups excluding carboxylic acids is 1. The average Bonchev–Trinajstić information content (AvgIpc) is 2.82. The molecular formula is C27H23BrClNOP+. The molecule has 0 heterocycles. The molecule has 0 unspecified atom stereocenters. The van der Waals surface area contributed by atoms with Crippen molar-refractivity contribution in [1.29, 1.82) is 0 Å². The summed E-state index contributed by atoms with van der Waals surface area (Å²) in [7, 11) is -2.10. The number of anilines is 1. The number of nitrogens with one attached hydrogen (secondary N) is 1. The van der Waals surface area contributed by atoms with E-state index in [4.69, 9.17) is 11.6 Å². The van der Waals surface area contributed by atoms with Gasteiger partial charge in [0.1, 0.15) is 29.3 Å². The average molecular weight is 524 g/mol. The quantitative estimate of drug-likeness (QED) is 0.285. The van der Waals surface area contributed by atoms with E-state index in [1.165, 1.54) is 22.8 Å². The Hall–Kier alpha value is -2.45. The molecule has 4 rings (SSSR count). The van der Waals surface area contributed by atoms with Crippen molar-refractivity contribution in [2.45, 2.75) is 13.1 Å². The van der Waals surface area contributed by atoms with E-state index in [-0.39, 0.29) is 5.91 Å². The Morgan fingerprint density at radius 3 is 1.66 bits per heavy atom. The highest BCUT2D eigenvalue weighted by Gasteiger charge is 2.46. The predicted octanol–water partition coefficient (Wildman–Crippen LogP) is 6.56. The van der Waals surface area contributed by atoms with Crippen LogP contribution in [0.1, 0.15) is 12.5 Å². The van der Waals surface area contributed by atoms with Crippen LogP contribution in [0, 0.1) is 0 Å². The third kappa shape index (κ3) is 4.66. The molecule has 4 aromatic rings.